The minimum Gasteiger partial charge on any atom is -0.376 e. The Balaban J connectivity index is 2.29. The predicted molar refractivity (Wildman–Crippen MR) is 84.6 cm³/mol. The standard InChI is InChI=1S/C15H14Cl3N/c1-2-14(10-6-4-3-5-7-10)19-15-12(17)8-11(16)9-13(15)18/h3-9,14,19H,2H2,1H3. The van der Waals surface area contributed by atoms with Crippen molar-refractivity contribution in [2.45, 2.75) is 19.4 Å². The fraction of sp³-hybridized carbons (Fsp3) is 0.200. The Morgan fingerprint density at radius 1 is 1.00 bits per heavy atom. The van der Waals surface area contributed by atoms with Crippen LogP contribution in [0.2, 0.25) is 15.1 Å². The SMILES string of the molecule is CCC(Nc1c(Cl)cc(Cl)cc1Cl)c1ccccc1. The maximum absolute atomic E-state index is 6.19. The summed E-state index contributed by atoms with van der Waals surface area (Å²) in [7, 11) is 0. The molecule has 100 valence electrons. The van der Waals surface area contributed by atoms with Crippen molar-refractivity contribution in [1.29, 1.82) is 0 Å². The highest BCUT2D eigenvalue weighted by molar-refractivity contribution is 6.41. The van der Waals surface area contributed by atoms with E-state index in [0.29, 0.717) is 15.1 Å². The molecule has 1 atom stereocenters. The molecule has 0 aliphatic carbocycles. The van der Waals surface area contributed by atoms with Crippen LogP contribution in [0.1, 0.15) is 24.9 Å². The second-order valence-corrected chi connectivity index (χ2v) is 5.51. The van der Waals surface area contributed by atoms with E-state index in [0.717, 1.165) is 12.1 Å². The van der Waals surface area contributed by atoms with Crippen LogP contribution in [0.15, 0.2) is 42.5 Å². The summed E-state index contributed by atoms with van der Waals surface area (Å²) in [6.07, 6.45) is 0.930. The molecule has 1 unspecified atom stereocenters. The summed E-state index contributed by atoms with van der Waals surface area (Å²) in [5.74, 6) is 0. The largest absolute Gasteiger partial charge is 0.376 e. The highest BCUT2D eigenvalue weighted by atomic mass is 35.5. The Labute approximate surface area is 128 Å². The fourth-order valence-electron chi connectivity index (χ4n) is 1.96. The van der Waals surface area contributed by atoms with Gasteiger partial charge in [0.2, 0.25) is 0 Å². The minimum atomic E-state index is 0.164. The van der Waals surface area contributed by atoms with Crippen molar-refractivity contribution in [2.75, 3.05) is 5.32 Å². The van der Waals surface area contributed by atoms with Gasteiger partial charge in [0.05, 0.1) is 21.8 Å². The van der Waals surface area contributed by atoms with E-state index in [4.69, 9.17) is 34.8 Å². The van der Waals surface area contributed by atoms with E-state index in [2.05, 4.69) is 24.4 Å². The van der Waals surface area contributed by atoms with Gasteiger partial charge in [0.1, 0.15) is 0 Å². The second kappa shape index (κ2) is 6.51. The monoisotopic (exact) mass is 313 g/mol. The van der Waals surface area contributed by atoms with E-state index in [1.165, 1.54) is 5.56 Å². The zero-order chi connectivity index (χ0) is 13.8. The van der Waals surface area contributed by atoms with Crippen LogP contribution in [0, 0.1) is 0 Å². The van der Waals surface area contributed by atoms with Gasteiger partial charge in [-0.1, -0.05) is 72.1 Å². The average molecular weight is 315 g/mol. The molecule has 2 rings (SSSR count). The molecule has 0 amide bonds. The molecule has 0 aliphatic heterocycles. The number of anilines is 1. The van der Waals surface area contributed by atoms with Gasteiger partial charge in [-0.05, 0) is 24.1 Å². The molecule has 2 aromatic carbocycles. The van der Waals surface area contributed by atoms with Crippen LogP contribution >= 0.6 is 34.8 Å². The second-order valence-electron chi connectivity index (χ2n) is 4.26. The average Bonchev–Trinajstić information content (AvgIpc) is 2.39. The van der Waals surface area contributed by atoms with E-state index < -0.39 is 0 Å². The molecule has 0 saturated carbocycles. The predicted octanol–water partition coefficient (Wildman–Crippen LogP) is 6.21. The zero-order valence-corrected chi connectivity index (χ0v) is 12.7. The normalized spacial score (nSPS) is 12.2. The number of rotatable bonds is 4. The summed E-state index contributed by atoms with van der Waals surface area (Å²) in [6, 6.07) is 13.7. The highest BCUT2D eigenvalue weighted by Crippen LogP contribution is 2.36. The maximum Gasteiger partial charge on any atom is 0.0724 e. The third kappa shape index (κ3) is 3.56. The summed E-state index contributed by atoms with van der Waals surface area (Å²) >= 11 is 18.3. The van der Waals surface area contributed by atoms with Crippen molar-refractivity contribution >= 4 is 40.5 Å². The summed E-state index contributed by atoms with van der Waals surface area (Å²) in [6.45, 7) is 2.11. The molecule has 4 heteroatoms. The van der Waals surface area contributed by atoms with Crippen molar-refractivity contribution in [3.63, 3.8) is 0 Å². The van der Waals surface area contributed by atoms with Gasteiger partial charge in [-0.3, -0.25) is 0 Å². The van der Waals surface area contributed by atoms with Gasteiger partial charge in [-0.15, -0.1) is 0 Å². The molecule has 2 aromatic rings. The molecular formula is C15H14Cl3N. The third-order valence-electron chi connectivity index (χ3n) is 2.94. The minimum absolute atomic E-state index is 0.164. The molecule has 0 saturated heterocycles. The molecule has 0 heterocycles. The van der Waals surface area contributed by atoms with E-state index >= 15 is 0 Å². The smallest absolute Gasteiger partial charge is 0.0724 e. The van der Waals surface area contributed by atoms with Crippen molar-refractivity contribution in [2.24, 2.45) is 0 Å². The van der Waals surface area contributed by atoms with E-state index in [1.807, 2.05) is 18.2 Å². The lowest BCUT2D eigenvalue weighted by Gasteiger charge is -2.20. The lowest BCUT2D eigenvalue weighted by molar-refractivity contribution is 0.749. The van der Waals surface area contributed by atoms with Crippen LogP contribution < -0.4 is 5.32 Å². The van der Waals surface area contributed by atoms with E-state index in [1.54, 1.807) is 12.1 Å². The van der Waals surface area contributed by atoms with Gasteiger partial charge in [0.25, 0.3) is 0 Å². The third-order valence-corrected chi connectivity index (χ3v) is 3.75. The lowest BCUT2D eigenvalue weighted by Crippen LogP contribution is -2.10. The molecule has 0 aliphatic rings. The molecule has 0 bridgehead atoms. The molecule has 1 nitrogen and oxygen atoms in total. The quantitative estimate of drug-likeness (QED) is 0.707. The van der Waals surface area contributed by atoms with Crippen LogP contribution in [0.25, 0.3) is 0 Å². The first-order valence-corrected chi connectivity index (χ1v) is 7.21. The number of benzene rings is 2. The van der Waals surface area contributed by atoms with E-state index in [-0.39, 0.29) is 6.04 Å². The Morgan fingerprint density at radius 3 is 2.11 bits per heavy atom. The molecule has 0 radical (unpaired) electrons. The Morgan fingerprint density at radius 2 is 1.58 bits per heavy atom. The van der Waals surface area contributed by atoms with Gasteiger partial charge in [-0.25, -0.2) is 0 Å². The van der Waals surface area contributed by atoms with Crippen LogP contribution in [-0.2, 0) is 0 Å². The topological polar surface area (TPSA) is 12.0 Å². The molecule has 0 fully saturated rings. The molecule has 0 aromatic heterocycles. The Hall–Kier alpha value is -0.890. The van der Waals surface area contributed by atoms with Gasteiger partial charge >= 0.3 is 0 Å². The van der Waals surface area contributed by atoms with Gasteiger partial charge < -0.3 is 5.32 Å². The first-order valence-electron chi connectivity index (χ1n) is 6.08. The van der Waals surface area contributed by atoms with Crippen molar-refractivity contribution in [3.05, 3.63) is 63.1 Å². The molecule has 1 N–H and O–H groups in total. The van der Waals surface area contributed by atoms with E-state index in [9.17, 15) is 0 Å². The van der Waals surface area contributed by atoms with Gasteiger partial charge in [0.15, 0.2) is 0 Å². The first kappa shape index (κ1) is 14.5. The van der Waals surface area contributed by atoms with Crippen LogP contribution in [0.3, 0.4) is 0 Å². The number of hydrogen-bond acceptors (Lipinski definition) is 1. The van der Waals surface area contributed by atoms with Crippen molar-refractivity contribution in [1.82, 2.24) is 0 Å². The van der Waals surface area contributed by atoms with Crippen molar-refractivity contribution in [3.8, 4) is 0 Å². The fourth-order valence-corrected chi connectivity index (χ4v) is 2.89. The van der Waals surface area contributed by atoms with Crippen LogP contribution in [-0.4, -0.2) is 0 Å². The highest BCUT2D eigenvalue weighted by Gasteiger charge is 2.13. The molecule has 19 heavy (non-hydrogen) atoms. The van der Waals surface area contributed by atoms with Gasteiger partial charge in [0, 0.05) is 5.02 Å². The first-order chi connectivity index (χ1) is 9.11. The van der Waals surface area contributed by atoms with Crippen molar-refractivity contribution < 1.29 is 0 Å². The summed E-state index contributed by atoms with van der Waals surface area (Å²) in [5, 5.41) is 4.99. The van der Waals surface area contributed by atoms with Crippen LogP contribution in [0.4, 0.5) is 5.69 Å². The zero-order valence-electron chi connectivity index (χ0n) is 10.5. The Bertz CT molecular complexity index is 532. The van der Waals surface area contributed by atoms with Gasteiger partial charge in [-0.2, -0.15) is 0 Å². The maximum atomic E-state index is 6.19. The number of hydrogen-bond donors (Lipinski definition) is 1. The Kier molecular flexibility index (Phi) is 4.98. The summed E-state index contributed by atoms with van der Waals surface area (Å²) in [4.78, 5) is 0. The summed E-state index contributed by atoms with van der Waals surface area (Å²) < 4.78 is 0. The lowest BCUT2D eigenvalue weighted by atomic mass is 10.0. The molecule has 0 spiro atoms. The summed E-state index contributed by atoms with van der Waals surface area (Å²) in [5.41, 5.74) is 1.93. The van der Waals surface area contributed by atoms with Crippen LogP contribution in [0.5, 0.6) is 0 Å². The molecular weight excluding hydrogens is 301 g/mol. The number of nitrogens with one attached hydrogen (secondary N) is 1. The number of halogens is 3.